The van der Waals surface area contributed by atoms with Crippen LogP contribution in [0.3, 0.4) is 0 Å². The summed E-state index contributed by atoms with van der Waals surface area (Å²) in [6, 6.07) is 7.39. The van der Waals surface area contributed by atoms with Crippen LogP contribution in [0.2, 0.25) is 0 Å². The summed E-state index contributed by atoms with van der Waals surface area (Å²) >= 11 is 0. The summed E-state index contributed by atoms with van der Waals surface area (Å²) in [5.74, 6) is 0. The summed E-state index contributed by atoms with van der Waals surface area (Å²) in [5.41, 5.74) is 2.24. The predicted molar refractivity (Wildman–Crippen MR) is 69.2 cm³/mol. The second-order valence-electron chi connectivity index (χ2n) is 4.02. The first-order valence-electron chi connectivity index (χ1n) is 6.02. The summed E-state index contributed by atoms with van der Waals surface area (Å²) in [6.07, 6.45) is 0. The fourth-order valence-corrected chi connectivity index (χ4v) is 2.37. The molecule has 0 bridgehead atoms. The molecule has 0 aliphatic carbocycles. The van der Waals surface area contributed by atoms with Crippen molar-refractivity contribution in [3.05, 3.63) is 24.3 Å². The SMILES string of the molecule is CCOC1(OCC)N(C)c2ccccc2N1C. The second-order valence-corrected chi connectivity index (χ2v) is 4.02. The van der Waals surface area contributed by atoms with Crippen LogP contribution in [0, 0.1) is 0 Å². The van der Waals surface area contributed by atoms with Crippen molar-refractivity contribution in [3.8, 4) is 0 Å². The largest absolute Gasteiger partial charge is 0.342 e. The van der Waals surface area contributed by atoms with Gasteiger partial charge in [-0.3, -0.25) is 0 Å². The van der Waals surface area contributed by atoms with Gasteiger partial charge in [0.15, 0.2) is 0 Å². The first-order chi connectivity index (χ1) is 8.17. The summed E-state index contributed by atoms with van der Waals surface area (Å²) in [4.78, 5) is 4.07. The molecule has 0 saturated heterocycles. The Morgan fingerprint density at radius 1 is 0.941 bits per heavy atom. The lowest BCUT2D eigenvalue weighted by Crippen LogP contribution is -2.58. The minimum atomic E-state index is -0.812. The molecular weight excluding hydrogens is 216 g/mol. The van der Waals surface area contributed by atoms with Gasteiger partial charge in [-0.05, 0) is 26.0 Å². The molecule has 4 nitrogen and oxygen atoms in total. The Morgan fingerprint density at radius 3 is 1.71 bits per heavy atom. The number of anilines is 2. The van der Waals surface area contributed by atoms with E-state index in [-0.39, 0.29) is 0 Å². The van der Waals surface area contributed by atoms with Gasteiger partial charge in [-0.25, -0.2) is 0 Å². The number of hydrogen-bond donors (Lipinski definition) is 0. The lowest BCUT2D eigenvalue weighted by atomic mass is 10.3. The molecular formula is C13H20N2O2. The molecule has 0 unspecified atom stereocenters. The van der Waals surface area contributed by atoms with Crippen LogP contribution < -0.4 is 9.80 Å². The fraction of sp³-hybridized carbons (Fsp3) is 0.538. The lowest BCUT2D eigenvalue weighted by molar-refractivity contribution is -0.224. The van der Waals surface area contributed by atoms with Crippen LogP contribution in [0.5, 0.6) is 0 Å². The molecule has 0 aromatic heterocycles. The Morgan fingerprint density at radius 2 is 1.35 bits per heavy atom. The second kappa shape index (κ2) is 4.55. The van der Waals surface area contributed by atoms with Crippen molar-refractivity contribution in [1.82, 2.24) is 0 Å². The molecule has 0 amide bonds. The van der Waals surface area contributed by atoms with Crippen LogP contribution in [0.4, 0.5) is 11.4 Å². The van der Waals surface area contributed by atoms with Gasteiger partial charge < -0.3 is 19.3 Å². The first kappa shape index (κ1) is 12.2. The Hall–Kier alpha value is -1.26. The third kappa shape index (κ3) is 1.68. The van der Waals surface area contributed by atoms with E-state index in [2.05, 4.69) is 12.1 Å². The molecule has 0 radical (unpaired) electrons. The van der Waals surface area contributed by atoms with E-state index in [0.29, 0.717) is 13.2 Å². The highest BCUT2D eigenvalue weighted by Crippen LogP contribution is 2.44. The Balaban J connectivity index is 2.44. The van der Waals surface area contributed by atoms with Gasteiger partial charge in [-0.15, -0.1) is 0 Å². The molecule has 94 valence electrons. The number of rotatable bonds is 4. The van der Waals surface area contributed by atoms with Crippen molar-refractivity contribution in [2.45, 2.75) is 19.9 Å². The van der Waals surface area contributed by atoms with Crippen LogP contribution in [-0.4, -0.2) is 33.3 Å². The average Bonchev–Trinajstić information content (AvgIpc) is 2.54. The number of benzene rings is 1. The van der Waals surface area contributed by atoms with Crippen molar-refractivity contribution in [2.75, 3.05) is 37.1 Å². The van der Waals surface area contributed by atoms with Gasteiger partial charge in [-0.1, -0.05) is 12.1 Å². The fourth-order valence-electron chi connectivity index (χ4n) is 2.37. The van der Waals surface area contributed by atoms with Crippen molar-refractivity contribution < 1.29 is 9.47 Å². The molecule has 1 aromatic carbocycles. The standard InChI is InChI=1S/C13H20N2O2/c1-5-16-13(17-6-2)14(3)11-9-7-8-10-12(11)15(13)4/h7-10H,5-6H2,1-4H3. The molecule has 0 N–H and O–H groups in total. The zero-order valence-corrected chi connectivity index (χ0v) is 10.9. The number of para-hydroxylation sites is 2. The molecule has 17 heavy (non-hydrogen) atoms. The van der Waals surface area contributed by atoms with E-state index in [1.54, 1.807) is 0 Å². The van der Waals surface area contributed by atoms with Crippen molar-refractivity contribution in [2.24, 2.45) is 0 Å². The van der Waals surface area contributed by atoms with E-state index in [1.807, 2.05) is 49.9 Å². The molecule has 4 heteroatoms. The van der Waals surface area contributed by atoms with Crippen molar-refractivity contribution in [1.29, 1.82) is 0 Å². The van der Waals surface area contributed by atoms with Crippen LogP contribution in [0.25, 0.3) is 0 Å². The van der Waals surface area contributed by atoms with E-state index < -0.39 is 6.03 Å². The average molecular weight is 236 g/mol. The van der Waals surface area contributed by atoms with E-state index >= 15 is 0 Å². The number of nitrogens with zero attached hydrogens (tertiary/aromatic N) is 2. The molecule has 0 saturated carbocycles. The van der Waals surface area contributed by atoms with Crippen LogP contribution in [0.15, 0.2) is 24.3 Å². The van der Waals surface area contributed by atoms with Crippen LogP contribution >= 0.6 is 0 Å². The number of fused-ring (bicyclic) bond motifs is 1. The molecule has 0 atom stereocenters. The zero-order chi connectivity index (χ0) is 12.5. The summed E-state index contributed by atoms with van der Waals surface area (Å²) < 4.78 is 11.7. The first-order valence-corrected chi connectivity index (χ1v) is 6.02. The highest BCUT2D eigenvalue weighted by molar-refractivity contribution is 5.77. The molecule has 2 rings (SSSR count). The van der Waals surface area contributed by atoms with Gasteiger partial charge >= 0.3 is 6.03 Å². The number of hydrogen-bond acceptors (Lipinski definition) is 4. The highest BCUT2D eigenvalue weighted by atomic mass is 16.7. The maximum atomic E-state index is 5.87. The quantitative estimate of drug-likeness (QED) is 0.749. The van der Waals surface area contributed by atoms with E-state index in [1.165, 1.54) is 0 Å². The zero-order valence-electron chi connectivity index (χ0n) is 10.9. The molecule has 0 fully saturated rings. The third-order valence-corrected chi connectivity index (χ3v) is 3.12. The lowest BCUT2D eigenvalue weighted by Gasteiger charge is -2.40. The smallest absolute Gasteiger partial charge is 0.315 e. The minimum Gasteiger partial charge on any atom is -0.315 e. The van der Waals surface area contributed by atoms with Gasteiger partial charge in [0, 0.05) is 14.1 Å². The Labute approximate surface area is 103 Å². The van der Waals surface area contributed by atoms with Crippen molar-refractivity contribution in [3.63, 3.8) is 0 Å². The van der Waals surface area contributed by atoms with Crippen LogP contribution in [0.1, 0.15) is 13.8 Å². The van der Waals surface area contributed by atoms with Gasteiger partial charge in [0.25, 0.3) is 0 Å². The molecule has 1 heterocycles. The Bertz CT molecular complexity index is 358. The number of ether oxygens (including phenoxy) is 2. The Kier molecular flexibility index (Phi) is 3.26. The predicted octanol–water partition coefficient (Wildman–Crippen LogP) is 2.26. The third-order valence-electron chi connectivity index (χ3n) is 3.12. The van der Waals surface area contributed by atoms with Gasteiger partial charge in [0.2, 0.25) is 0 Å². The maximum Gasteiger partial charge on any atom is 0.342 e. The van der Waals surface area contributed by atoms with Gasteiger partial charge in [0.05, 0.1) is 24.6 Å². The summed E-state index contributed by atoms with van der Waals surface area (Å²) in [7, 11) is 3.99. The van der Waals surface area contributed by atoms with Gasteiger partial charge in [-0.2, -0.15) is 0 Å². The highest BCUT2D eigenvalue weighted by Gasteiger charge is 2.48. The van der Waals surface area contributed by atoms with E-state index in [0.717, 1.165) is 11.4 Å². The summed E-state index contributed by atoms with van der Waals surface area (Å²) in [6.45, 7) is 5.15. The summed E-state index contributed by atoms with van der Waals surface area (Å²) in [5, 5.41) is 0. The van der Waals surface area contributed by atoms with E-state index in [9.17, 15) is 0 Å². The molecule has 0 spiro atoms. The maximum absolute atomic E-state index is 5.87. The van der Waals surface area contributed by atoms with Crippen LogP contribution in [-0.2, 0) is 9.47 Å². The monoisotopic (exact) mass is 236 g/mol. The van der Waals surface area contributed by atoms with Gasteiger partial charge in [0.1, 0.15) is 0 Å². The van der Waals surface area contributed by atoms with E-state index in [4.69, 9.17) is 9.47 Å². The topological polar surface area (TPSA) is 24.9 Å². The minimum absolute atomic E-state index is 0.600. The van der Waals surface area contributed by atoms with Crippen molar-refractivity contribution >= 4 is 11.4 Å². The normalized spacial score (nSPS) is 17.4. The molecule has 1 aromatic rings. The molecule has 1 aliphatic rings. The molecule has 1 aliphatic heterocycles.